The number of aryl methyl sites for hydroxylation is 1. The molecule has 7 heteroatoms. The Morgan fingerprint density at radius 3 is 3.00 bits per heavy atom. The van der Waals surface area contributed by atoms with Gasteiger partial charge >= 0.3 is 0 Å². The number of nitrogens with zero attached hydrogens (tertiary/aromatic N) is 3. The summed E-state index contributed by atoms with van der Waals surface area (Å²) in [5.74, 6) is 1.04. The number of rotatable bonds is 6. The monoisotopic (exact) mass is 289 g/mol. The van der Waals surface area contributed by atoms with Crippen LogP contribution in [-0.2, 0) is 11.3 Å². The Labute approximate surface area is 122 Å². The maximum Gasteiger partial charge on any atom is 0.220 e. The molecular weight excluding hydrogens is 270 g/mol. The summed E-state index contributed by atoms with van der Waals surface area (Å²) >= 11 is 0. The molecule has 0 radical (unpaired) electrons. The van der Waals surface area contributed by atoms with E-state index in [2.05, 4.69) is 15.3 Å². The number of nitrogens with two attached hydrogens (primary N) is 1. The molecule has 0 atom stereocenters. The minimum absolute atomic E-state index is 0.103. The summed E-state index contributed by atoms with van der Waals surface area (Å²) in [5.41, 5.74) is 7.34. The zero-order chi connectivity index (χ0) is 14.8. The van der Waals surface area contributed by atoms with E-state index in [0.717, 1.165) is 18.4 Å². The number of carbonyl (C=O) groups excluding carboxylic acids is 1. The van der Waals surface area contributed by atoms with E-state index < -0.39 is 0 Å². The number of hydrogen-bond acceptors (Lipinski definition) is 5. The van der Waals surface area contributed by atoms with E-state index in [0.29, 0.717) is 42.9 Å². The normalized spacial score (nSPS) is 14.3. The lowest BCUT2D eigenvalue weighted by Gasteiger charge is -2.07. The Morgan fingerprint density at radius 2 is 2.29 bits per heavy atom. The number of methoxy groups -OCH3 is 1. The lowest BCUT2D eigenvalue weighted by molar-refractivity contribution is -0.121. The van der Waals surface area contributed by atoms with Gasteiger partial charge in [0.1, 0.15) is 5.52 Å². The first-order chi connectivity index (χ1) is 10.2. The smallest absolute Gasteiger partial charge is 0.220 e. The van der Waals surface area contributed by atoms with Gasteiger partial charge in [0, 0.05) is 25.1 Å². The fraction of sp³-hybridized carbons (Fsp3) is 0.500. The summed E-state index contributed by atoms with van der Waals surface area (Å²) in [5, 5.41) is 2.97. The highest BCUT2D eigenvalue weighted by molar-refractivity contribution is 5.77. The maximum absolute atomic E-state index is 11.7. The summed E-state index contributed by atoms with van der Waals surface area (Å²) < 4.78 is 6.94. The van der Waals surface area contributed by atoms with Crippen molar-refractivity contribution in [3.8, 4) is 5.88 Å². The van der Waals surface area contributed by atoms with Crippen molar-refractivity contribution >= 4 is 23.0 Å². The molecule has 2 aromatic rings. The molecule has 0 aliphatic heterocycles. The molecule has 1 amide bonds. The first-order valence-electron chi connectivity index (χ1n) is 7.13. The Hall–Kier alpha value is -2.31. The van der Waals surface area contributed by atoms with Gasteiger partial charge in [-0.25, -0.2) is 4.98 Å². The second-order valence-electron chi connectivity index (χ2n) is 5.26. The minimum atomic E-state index is 0.103. The van der Waals surface area contributed by atoms with Gasteiger partial charge in [-0.15, -0.1) is 0 Å². The Balaban J connectivity index is 1.67. The molecule has 0 aromatic carbocycles. The van der Waals surface area contributed by atoms with Crippen LogP contribution in [0.5, 0.6) is 5.88 Å². The summed E-state index contributed by atoms with van der Waals surface area (Å²) in [6.07, 6.45) is 3.40. The molecule has 0 unspecified atom stereocenters. The molecule has 2 aromatic heterocycles. The summed E-state index contributed by atoms with van der Waals surface area (Å²) in [7, 11) is 1.57. The highest BCUT2D eigenvalue weighted by Gasteiger charge is 2.22. The van der Waals surface area contributed by atoms with Crippen molar-refractivity contribution in [2.24, 2.45) is 0 Å². The first-order valence-corrected chi connectivity index (χ1v) is 7.13. The molecule has 1 aliphatic rings. The SMILES string of the molecule is COc1ccc2nc(N)n(CCCC(=O)NC3CC3)c2n1. The van der Waals surface area contributed by atoms with Crippen LogP contribution in [0.2, 0.25) is 0 Å². The van der Waals surface area contributed by atoms with Crippen LogP contribution in [0, 0.1) is 0 Å². The van der Waals surface area contributed by atoms with E-state index in [1.54, 1.807) is 13.2 Å². The van der Waals surface area contributed by atoms with E-state index in [4.69, 9.17) is 10.5 Å². The molecular formula is C14H19N5O2. The molecule has 3 rings (SSSR count). The quantitative estimate of drug-likeness (QED) is 0.829. The maximum atomic E-state index is 11.7. The summed E-state index contributed by atoms with van der Waals surface area (Å²) in [6, 6.07) is 3.98. The standard InChI is InChI=1S/C14H19N5O2/c1-21-12-7-6-10-13(18-12)19(14(15)17-10)8-2-3-11(20)16-9-4-5-9/h6-7,9H,2-5,8H2,1H3,(H2,15,17)(H,16,20). The molecule has 1 fully saturated rings. The third-order valence-electron chi connectivity index (χ3n) is 3.53. The number of carbonyl (C=O) groups is 1. The predicted octanol–water partition coefficient (Wildman–Crippen LogP) is 1.08. The number of nitrogen functional groups attached to an aromatic ring is 1. The summed E-state index contributed by atoms with van der Waals surface area (Å²) in [6.45, 7) is 0.612. The largest absolute Gasteiger partial charge is 0.481 e. The van der Waals surface area contributed by atoms with Crippen molar-refractivity contribution in [3.05, 3.63) is 12.1 Å². The van der Waals surface area contributed by atoms with Gasteiger partial charge in [-0.1, -0.05) is 0 Å². The first kappa shape index (κ1) is 13.7. The zero-order valence-corrected chi connectivity index (χ0v) is 12.0. The van der Waals surface area contributed by atoms with Crippen LogP contribution in [0.15, 0.2) is 12.1 Å². The lowest BCUT2D eigenvalue weighted by atomic mass is 10.3. The highest BCUT2D eigenvalue weighted by Crippen LogP contribution is 2.21. The fourth-order valence-corrected chi connectivity index (χ4v) is 2.26. The minimum Gasteiger partial charge on any atom is -0.481 e. The Morgan fingerprint density at radius 1 is 1.48 bits per heavy atom. The molecule has 0 saturated heterocycles. The highest BCUT2D eigenvalue weighted by atomic mass is 16.5. The number of fused-ring (bicyclic) bond motifs is 1. The molecule has 112 valence electrons. The number of nitrogens with one attached hydrogen (secondary N) is 1. The van der Waals surface area contributed by atoms with E-state index in [1.807, 2.05) is 10.6 Å². The van der Waals surface area contributed by atoms with Crippen molar-refractivity contribution in [2.45, 2.75) is 38.3 Å². The lowest BCUT2D eigenvalue weighted by Crippen LogP contribution is -2.25. The van der Waals surface area contributed by atoms with Gasteiger partial charge in [-0.05, 0) is 25.3 Å². The van der Waals surface area contributed by atoms with Crippen LogP contribution in [0.1, 0.15) is 25.7 Å². The average molecular weight is 289 g/mol. The van der Waals surface area contributed by atoms with Crippen LogP contribution >= 0.6 is 0 Å². The van der Waals surface area contributed by atoms with E-state index in [9.17, 15) is 4.79 Å². The topological polar surface area (TPSA) is 95.1 Å². The number of pyridine rings is 1. The van der Waals surface area contributed by atoms with Crippen LogP contribution in [0.4, 0.5) is 5.95 Å². The number of amides is 1. The zero-order valence-electron chi connectivity index (χ0n) is 12.0. The van der Waals surface area contributed by atoms with Gasteiger partial charge in [-0.2, -0.15) is 4.98 Å². The molecule has 2 heterocycles. The van der Waals surface area contributed by atoms with Crippen molar-refractivity contribution in [1.82, 2.24) is 19.9 Å². The average Bonchev–Trinajstić information content (AvgIpc) is 3.22. The van der Waals surface area contributed by atoms with Gasteiger partial charge in [-0.3, -0.25) is 9.36 Å². The fourth-order valence-electron chi connectivity index (χ4n) is 2.26. The molecule has 3 N–H and O–H groups in total. The van der Waals surface area contributed by atoms with Crippen molar-refractivity contribution in [2.75, 3.05) is 12.8 Å². The molecule has 21 heavy (non-hydrogen) atoms. The van der Waals surface area contributed by atoms with Crippen LogP contribution in [-0.4, -0.2) is 33.6 Å². The Bertz CT molecular complexity index is 663. The molecule has 1 saturated carbocycles. The number of imidazole rings is 1. The van der Waals surface area contributed by atoms with Crippen molar-refractivity contribution in [1.29, 1.82) is 0 Å². The number of aromatic nitrogens is 3. The number of anilines is 1. The van der Waals surface area contributed by atoms with Crippen LogP contribution in [0.25, 0.3) is 11.2 Å². The van der Waals surface area contributed by atoms with Gasteiger partial charge < -0.3 is 15.8 Å². The predicted molar refractivity (Wildman–Crippen MR) is 78.9 cm³/mol. The molecule has 7 nitrogen and oxygen atoms in total. The second kappa shape index (κ2) is 5.59. The van der Waals surface area contributed by atoms with Crippen LogP contribution in [0.3, 0.4) is 0 Å². The number of hydrogen-bond donors (Lipinski definition) is 2. The molecule has 0 bridgehead atoms. The third kappa shape index (κ3) is 3.07. The van der Waals surface area contributed by atoms with Crippen molar-refractivity contribution in [3.63, 3.8) is 0 Å². The van der Waals surface area contributed by atoms with Gasteiger partial charge in [0.05, 0.1) is 7.11 Å². The van der Waals surface area contributed by atoms with E-state index >= 15 is 0 Å². The van der Waals surface area contributed by atoms with Crippen molar-refractivity contribution < 1.29 is 9.53 Å². The van der Waals surface area contributed by atoms with Gasteiger partial charge in [0.25, 0.3) is 0 Å². The molecule has 1 aliphatic carbocycles. The third-order valence-corrected chi connectivity index (χ3v) is 3.53. The van der Waals surface area contributed by atoms with Gasteiger partial charge in [0.15, 0.2) is 5.65 Å². The summed E-state index contributed by atoms with van der Waals surface area (Å²) in [4.78, 5) is 20.3. The van der Waals surface area contributed by atoms with Crippen LogP contribution < -0.4 is 15.8 Å². The Kier molecular flexibility index (Phi) is 3.64. The molecule has 0 spiro atoms. The second-order valence-corrected chi connectivity index (χ2v) is 5.26. The van der Waals surface area contributed by atoms with E-state index in [-0.39, 0.29) is 5.91 Å². The van der Waals surface area contributed by atoms with Gasteiger partial charge in [0.2, 0.25) is 17.7 Å². The number of ether oxygens (including phenoxy) is 1. The van der Waals surface area contributed by atoms with E-state index in [1.165, 1.54) is 0 Å².